The molecule has 2 heterocycles. The molecule has 0 spiro atoms. The van der Waals surface area contributed by atoms with Crippen molar-refractivity contribution in [2.75, 3.05) is 5.32 Å². The fourth-order valence-electron chi connectivity index (χ4n) is 1.65. The number of amides is 2. The van der Waals surface area contributed by atoms with Crippen molar-refractivity contribution in [2.45, 2.75) is 32.2 Å². The Kier molecular flexibility index (Phi) is 3.32. The number of anilines is 1. The molecule has 2 amide bonds. The molecule has 6 heteroatoms. The predicted molar refractivity (Wildman–Crippen MR) is 61.2 cm³/mol. The number of nitrogens with zero attached hydrogens (tertiary/aromatic N) is 2. The second-order valence-corrected chi connectivity index (χ2v) is 3.87. The monoisotopic (exact) mass is 234 g/mol. The Hall–Kier alpha value is -1.98. The Morgan fingerprint density at radius 3 is 3.06 bits per heavy atom. The summed E-state index contributed by atoms with van der Waals surface area (Å²) in [6, 6.07) is 1.40. The summed E-state index contributed by atoms with van der Waals surface area (Å²) in [5.41, 5.74) is 0.912. The zero-order valence-corrected chi connectivity index (χ0v) is 9.56. The first-order chi connectivity index (χ1) is 8.19. The molecule has 0 aliphatic carbocycles. The number of hydrogen-bond donors (Lipinski definition) is 2. The number of carbonyl (C=O) groups is 2. The van der Waals surface area contributed by atoms with E-state index in [0.29, 0.717) is 18.8 Å². The number of nitrogens with one attached hydrogen (secondary N) is 2. The van der Waals surface area contributed by atoms with Crippen LogP contribution in [0.25, 0.3) is 0 Å². The lowest BCUT2D eigenvalue weighted by molar-refractivity contribution is -0.133. The Balaban J connectivity index is 2.05. The standard InChI is InChI=1S/C11H14N4O2/c1-2-7-5-6-12-11(13-7)14-8-3-4-9(16)15-10(8)17/h5-6,8H,2-4H2,1H3,(H,12,13,14)(H,15,16,17). The van der Waals surface area contributed by atoms with Crippen LogP contribution in [0.3, 0.4) is 0 Å². The summed E-state index contributed by atoms with van der Waals surface area (Å²) >= 11 is 0. The van der Waals surface area contributed by atoms with Crippen molar-refractivity contribution in [1.82, 2.24) is 15.3 Å². The van der Waals surface area contributed by atoms with Crippen LogP contribution in [0, 0.1) is 0 Å². The zero-order valence-electron chi connectivity index (χ0n) is 9.56. The van der Waals surface area contributed by atoms with Crippen molar-refractivity contribution in [3.63, 3.8) is 0 Å². The molecular formula is C11H14N4O2. The third-order valence-electron chi connectivity index (χ3n) is 2.62. The van der Waals surface area contributed by atoms with Crippen molar-refractivity contribution in [1.29, 1.82) is 0 Å². The molecule has 0 aromatic carbocycles. The number of carbonyl (C=O) groups excluding carboxylic acids is 2. The van der Waals surface area contributed by atoms with Crippen LogP contribution < -0.4 is 10.6 Å². The van der Waals surface area contributed by atoms with Gasteiger partial charge in [-0.3, -0.25) is 14.9 Å². The maximum atomic E-state index is 11.5. The number of rotatable bonds is 3. The van der Waals surface area contributed by atoms with E-state index >= 15 is 0 Å². The lowest BCUT2D eigenvalue weighted by atomic mass is 10.1. The molecule has 0 saturated carbocycles. The first-order valence-corrected chi connectivity index (χ1v) is 5.61. The van der Waals surface area contributed by atoms with Crippen molar-refractivity contribution in [3.05, 3.63) is 18.0 Å². The summed E-state index contributed by atoms with van der Waals surface area (Å²) in [6.45, 7) is 2.00. The van der Waals surface area contributed by atoms with Crippen LogP contribution >= 0.6 is 0 Å². The summed E-state index contributed by atoms with van der Waals surface area (Å²) in [7, 11) is 0. The molecule has 90 valence electrons. The molecule has 1 saturated heterocycles. The van der Waals surface area contributed by atoms with Crippen LogP contribution in [0.1, 0.15) is 25.5 Å². The van der Waals surface area contributed by atoms with E-state index in [1.165, 1.54) is 0 Å². The smallest absolute Gasteiger partial charge is 0.249 e. The molecule has 6 nitrogen and oxygen atoms in total. The minimum absolute atomic E-state index is 0.226. The van der Waals surface area contributed by atoms with Crippen molar-refractivity contribution < 1.29 is 9.59 Å². The van der Waals surface area contributed by atoms with Crippen molar-refractivity contribution in [2.24, 2.45) is 0 Å². The van der Waals surface area contributed by atoms with Gasteiger partial charge in [0.05, 0.1) is 0 Å². The number of imide groups is 1. The van der Waals surface area contributed by atoms with Gasteiger partial charge in [-0.05, 0) is 18.9 Å². The third kappa shape index (κ3) is 2.77. The molecule has 0 radical (unpaired) electrons. The van der Waals surface area contributed by atoms with E-state index in [1.54, 1.807) is 6.20 Å². The number of aromatic nitrogens is 2. The number of piperidine rings is 1. The Morgan fingerprint density at radius 2 is 2.35 bits per heavy atom. The first kappa shape index (κ1) is 11.5. The van der Waals surface area contributed by atoms with Gasteiger partial charge in [-0.2, -0.15) is 0 Å². The van der Waals surface area contributed by atoms with E-state index in [1.807, 2.05) is 13.0 Å². The molecule has 1 atom stereocenters. The van der Waals surface area contributed by atoms with E-state index in [0.717, 1.165) is 12.1 Å². The molecule has 2 N–H and O–H groups in total. The second-order valence-electron chi connectivity index (χ2n) is 3.87. The average molecular weight is 234 g/mol. The van der Waals surface area contributed by atoms with Crippen LogP contribution in [-0.4, -0.2) is 27.8 Å². The van der Waals surface area contributed by atoms with Gasteiger partial charge in [0.25, 0.3) is 0 Å². The molecule has 2 rings (SSSR count). The van der Waals surface area contributed by atoms with Crippen LogP contribution in [0.2, 0.25) is 0 Å². The highest BCUT2D eigenvalue weighted by molar-refractivity contribution is 6.01. The largest absolute Gasteiger partial charge is 0.342 e. The van der Waals surface area contributed by atoms with Gasteiger partial charge in [0.1, 0.15) is 6.04 Å². The van der Waals surface area contributed by atoms with Gasteiger partial charge in [-0.1, -0.05) is 6.92 Å². The third-order valence-corrected chi connectivity index (χ3v) is 2.62. The lowest BCUT2D eigenvalue weighted by Gasteiger charge is -2.21. The maximum Gasteiger partial charge on any atom is 0.249 e. The fourth-order valence-corrected chi connectivity index (χ4v) is 1.65. The minimum Gasteiger partial charge on any atom is -0.342 e. The molecule has 17 heavy (non-hydrogen) atoms. The van der Waals surface area contributed by atoms with Crippen molar-refractivity contribution >= 4 is 17.8 Å². The quantitative estimate of drug-likeness (QED) is 0.733. The first-order valence-electron chi connectivity index (χ1n) is 5.61. The summed E-state index contributed by atoms with van der Waals surface area (Å²) in [6.07, 6.45) is 3.29. The molecule has 1 unspecified atom stereocenters. The number of hydrogen-bond acceptors (Lipinski definition) is 5. The van der Waals surface area contributed by atoms with Crippen LogP contribution in [0.15, 0.2) is 12.3 Å². The van der Waals surface area contributed by atoms with E-state index in [4.69, 9.17) is 0 Å². The second kappa shape index (κ2) is 4.90. The van der Waals surface area contributed by atoms with E-state index in [-0.39, 0.29) is 11.8 Å². The minimum atomic E-state index is -0.431. The fraction of sp³-hybridized carbons (Fsp3) is 0.455. The van der Waals surface area contributed by atoms with Crippen molar-refractivity contribution in [3.8, 4) is 0 Å². The molecule has 1 fully saturated rings. The van der Waals surface area contributed by atoms with Gasteiger partial charge < -0.3 is 5.32 Å². The van der Waals surface area contributed by atoms with E-state index in [2.05, 4.69) is 20.6 Å². The molecular weight excluding hydrogens is 220 g/mol. The highest BCUT2D eigenvalue weighted by Gasteiger charge is 2.26. The predicted octanol–water partition coefficient (Wildman–Crippen LogP) is 0.256. The highest BCUT2D eigenvalue weighted by atomic mass is 16.2. The van der Waals surface area contributed by atoms with E-state index < -0.39 is 6.04 Å². The molecule has 1 aromatic rings. The van der Waals surface area contributed by atoms with Gasteiger partial charge in [-0.25, -0.2) is 9.97 Å². The molecule has 1 aliphatic rings. The maximum absolute atomic E-state index is 11.5. The van der Waals surface area contributed by atoms with Crippen LogP contribution in [-0.2, 0) is 16.0 Å². The highest BCUT2D eigenvalue weighted by Crippen LogP contribution is 2.10. The van der Waals surface area contributed by atoms with E-state index in [9.17, 15) is 9.59 Å². The Bertz CT molecular complexity index is 447. The zero-order chi connectivity index (χ0) is 12.3. The Labute approximate surface area is 98.8 Å². The van der Waals surface area contributed by atoms with Crippen LogP contribution in [0.4, 0.5) is 5.95 Å². The normalized spacial score (nSPS) is 19.9. The average Bonchev–Trinajstić information content (AvgIpc) is 2.33. The van der Waals surface area contributed by atoms with Gasteiger partial charge >= 0.3 is 0 Å². The summed E-state index contributed by atoms with van der Waals surface area (Å²) in [5, 5.41) is 5.22. The van der Waals surface area contributed by atoms with Gasteiger partial charge in [-0.15, -0.1) is 0 Å². The van der Waals surface area contributed by atoms with Gasteiger partial charge in [0.2, 0.25) is 17.8 Å². The summed E-state index contributed by atoms with van der Waals surface area (Å²) in [4.78, 5) is 30.8. The Morgan fingerprint density at radius 1 is 1.53 bits per heavy atom. The van der Waals surface area contributed by atoms with Gasteiger partial charge in [0, 0.05) is 18.3 Å². The number of aryl methyl sites for hydroxylation is 1. The SMILES string of the molecule is CCc1ccnc(NC2CCC(=O)NC2=O)n1. The topological polar surface area (TPSA) is 84.0 Å². The lowest BCUT2D eigenvalue weighted by Crippen LogP contribution is -2.47. The summed E-state index contributed by atoms with van der Waals surface area (Å²) in [5.74, 6) is -0.109. The van der Waals surface area contributed by atoms with Crippen LogP contribution in [0.5, 0.6) is 0 Å². The molecule has 1 aromatic heterocycles. The molecule has 0 bridgehead atoms. The van der Waals surface area contributed by atoms with Gasteiger partial charge in [0.15, 0.2) is 0 Å². The molecule has 1 aliphatic heterocycles. The summed E-state index contributed by atoms with van der Waals surface area (Å²) < 4.78 is 0.